The van der Waals surface area contributed by atoms with Crippen molar-refractivity contribution in [3.05, 3.63) is 60.7 Å². The second kappa shape index (κ2) is 9.51. The maximum absolute atomic E-state index is 11.9. The van der Waals surface area contributed by atoms with Gasteiger partial charge in [-0.25, -0.2) is 4.79 Å². The second-order valence-electron chi connectivity index (χ2n) is 5.74. The van der Waals surface area contributed by atoms with Gasteiger partial charge in [-0.1, -0.05) is 60.9 Å². The van der Waals surface area contributed by atoms with Gasteiger partial charge < -0.3 is 10.6 Å². The van der Waals surface area contributed by atoms with Gasteiger partial charge in [-0.15, -0.1) is 0 Å². The molecule has 0 unspecified atom stereocenters. The van der Waals surface area contributed by atoms with Crippen LogP contribution in [0.3, 0.4) is 0 Å². The number of amides is 2. The summed E-state index contributed by atoms with van der Waals surface area (Å²) in [6.45, 7) is 8.16. The fraction of sp³-hybridized carbons (Fsp3) is 0.286. The van der Waals surface area contributed by atoms with E-state index in [0.717, 1.165) is 0 Å². The highest BCUT2D eigenvalue weighted by Crippen LogP contribution is 2.24. The zero-order valence-electron chi connectivity index (χ0n) is 14.8. The molecule has 2 amide bonds. The van der Waals surface area contributed by atoms with Crippen molar-refractivity contribution in [2.75, 3.05) is 6.54 Å². The molecule has 0 saturated carbocycles. The molecule has 4 heteroatoms. The Balaban J connectivity index is 2.17. The fourth-order valence-corrected chi connectivity index (χ4v) is 2.77. The molecule has 2 rings (SSSR count). The molecule has 0 aromatic heterocycles. The van der Waals surface area contributed by atoms with Crippen LogP contribution in [-0.4, -0.2) is 18.7 Å². The Labute approximate surface area is 149 Å². The van der Waals surface area contributed by atoms with Crippen molar-refractivity contribution in [2.45, 2.75) is 32.5 Å². The fourth-order valence-electron chi connectivity index (χ4n) is 2.77. The van der Waals surface area contributed by atoms with Crippen LogP contribution in [0.5, 0.6) is 0 Å². The lowest BCUT2D eigenvalue weighted by molar-refractivity contribution is 0.233. The Morgan fingerprint density at radius 2 is 2.00 bits per heavy atom. The maximum Gasteiger partial charge on any atom is 0.316 e. The number of rotatable bonds is 6. The van der Waals surface area contributed by atoms with Crippen LogP contribution in [0, 0.1) is 11.8 Å². The highest BCUT2D eigenvalue weighted by molar-refractivity contribution is 5.86. The molecule has 25 heavy (non-hydrogen) atoms. The molecular weight excluding hydrogens is 310 g/mol. The summed E-state index contributed by atoms with van der Waals surface area (Å²) in [6.07, 6.45) is 1.79. The summed E-state index contributed by atoms with van der Waals surface area (Å²) >= 11 is 0. The van der Waals surface area contributed by atoms with Crippen LogP contribution in [0.15, 0.2) is 55.1 Å². The molecule has 130 valence electrons. The Kier molecular flexibility index (Phi) is 7.06. The molecule has 0 bridgehead atoms. The molecule has 0 saturated heterocycles. The highest BCUT2D eigenvalue weighted by Gasteiger charge is 2.16. The molecule has 0 heterocycles. The Hall–Kier alpha value is -2.77. The third kappa shape index (κ3) is 5.37. The standard InChI is InChI=1S/C21H25N3O/c1-4-6-7-15-20(24-21(25)22-5-2)23-16(3)18-14-10-12-17-11-8-9-13-19(17)18/h4,8-14,16,20,23H,1,5,15H2,2-3H3,(H2,22,24,25)/t16-,20-/m1/s1. The summed E-state index contributed by atoms with van der Waals surface area (Å²) in [5.74, 6) is 5.83. The highest BCUT2D eigenvalue weighted by atomic mass is 16.2. The van der Waals surface area contributed by atoms with Crippen LogP contribution >= 0.6 is 0 Å². The molecule has 0 aliphatic rings. The van der Waals surface area contributed by atoms with Gasteiger partial charge in [0, 0.05) is 19.0 Å². The van der Waals surface area contributed by atoms with Crippen LogP contribution in [-0.2, 0) is 0 Å². The minimum Gasteiger partial charge on any atom is -0.338 e. The van der Waals surface area contributed by atoms with E-state index in [0.29, 0.717) is 13.0 Å². The first-order chi connectivity index (χ1) is 12.2. The molecule has 4 nitrogen and oxygen atoms in total. The topological polar surface area (TPSA) is 53.2 Å². The molecule has 0 radical (unpaired) electrons. The zero-order valence-corrected chi connectivity index (χ0v) is 14.8. The Morgan fingerprint density at radius 3 is 2.76 bits per heavy atom. The van der Waals surface area contributed by atoms with Crippen molar-refractivity contribution in [1.29, 1.82) is 0 Å². The predicted octanol–water partition coefficient (Wildman–Crippen LogP) is 3.72. The second-order valence-corrected chi connectivity index (χ2v) is 5.74. The lowest BCUT2D eigenvalue weighted by atomic mass is 9.99. The minimum atomic E-state index is -0.257. The van der Waals surface area contributed by atoms with E-state index in [9.17, 15) is 4.79 Å². The average Bonchev–Trinajstić information content (AvgIpc) is 2.61. The van der Waals surface area contributed by atoms with Crippen molar-refractivity contribution in [3.63, 3.8) is 0 Å². The van der Waals surface area contributed by atoms with Crippen LogP contribution in [0.2, 0.25) is 0 Å². The van der Waals surface area contributed by atoms with Gasteiger partial charge in [0.05, 0.1) is 6.17 Å². The van der Waals surface area contributed by atoms with Gasteiger partial charge in [-0.2, -0.15) is 0 Å². The average molecular weight is 335 g/mol. The number of nitrogens with one attached hydrogen (secondary N) is 3. The molecule has 0 spiro atoms. The van der Waals surface area contributed by atoms with E-state index in [4.69, 9.17) is 0 Å². The number of hydrogen-bond donors (Lipinski definition) is 3. The van der Waals surface area contributed by atoms with Crippen molar-refractivity contribution >= 4 is 16.8 Å². The monoisotopic (exact) mass is 335 g/mol. The van der Waals surface area contributed by atoms with Gasteiger partial charge in [0.2, 0.25) is 0 Å². The molecule has 3 N–H and O–H groups in total. The number of carbonyl (C=O) groups excluding carboxylic acids is 1. The van der Waals surface area contributed by atoms with Crippen LogP contribution < -0.4 is 16.0 Å². The first-order valence-electron chi connectivity index (χ1n) is 8.53. The molecule has 2 atom stereocenters. The number of urea groups is 1. The summed E-state index contributed by atoms with van der Waals surface area (Å²) in [6, 6.07) is 14.4. The van der Waals surface area contributed by atoms with Gasteiger partial charge in [-0.3, -0.25) is 5.32 Å². The number of carbonyl (C=O) groups is 1. The van der Waals surface area contributed by atoms with Crippen molar-refractivity contribution in [3.8, 4) is 11.8 Å². The zero-order chi connectivity index (χ0) is 18.1. The van der Waals surface area contributed by atoms with Gasteiger partial charge in [0.1, 0.15) is 0 Å². The smallest absolute Gasteiger partial charge is 0.316 e. The Bertz CT molecular complexity index is 783. The predicted molar refractivity (Wildman–Crippen MR) is 104 cm³/mol. The number of fused-ring (bicyclic) bond motifs is 1. The molecule has 0 aliphatic heterocycles. The largest absolute Gasteiger partial charge is 0.338 e. The number of allylic oxidation sites excluding steroid dienone is 1. The summed E-state index contributed by atoms with van der Waals surface area (Å²) < 4.78 is 0. The van der Waals surface area contributed by atoms with Crippen LogP contribution in [0.4, 0.5) is 4.79 Å². The maximum atomic E-state index is 11.9. The van der Waals surface area contributed by atoms with Crippen LogP contribution in [0.1, 0.15) is 31.9 Å². The van der Waals surface area contributed by atoms with Gasteiger partial charge in [-0.05, 0) is 36.3 Å². The quantitative estimate of drug-likeness (QED) is 0.557. The SMILES string of the molecule is C=CC#CC[C@@H](NC(=O)NCC)N[C@H](C)c1cccc2ccccc12. The molecular formula is C21H25N3O. The van der Waals surface area contributed by atoms with E-state index in [1.807, 2.05) is 19.1 Å². The molecule has 0 aliphatic carbocycles. The minimum absolute atomic E-state index is 0.0588. The van der Waals surface area contributed by atoms with E-state index in [-0.39, 0.29) is 18.2 Å². The van der Waals surface area contributed by atoms with E-state index in [2.05, 4.69) is 71.6 Å². The van der Waals surface area contributed by atoms with Crippen molar-refractivity contribution < 1.29 is 4.79 Å². The van der Waals surface area contributed by atoms with Crippen molar-refractivity contribution in [2.24, 2.45) is 0 Å². The van der Waals surface area contributed by atoms with E-state index in [1.165, 1.54) is 16.3 Å². The summed E-state index contributed by atoms with van der Waals surface area (Å²) in [7, 11) is 0. The van der Waals surface area contributed by atoms with Gasteiger partial charge in [0.15, 0.2) is 0 Å². The summed E-state index contributed by atoms with van der Waals surface area (Å²) in [5, 5.41) is 11.6. The number of hydrogen-bond acceptors (Lipinski definition) is 2. The molecule has 0 fully saturated rings. The van der Waals surface area contributed by atoms with Gasteiger partial charge >= 0.3 is 6.03 Å². The summed E-state index contributed by atoms with van der Waals surface area (Å²) in [5.41, 5.74) is 1.19. The number of benzene rings is 2. The molecule has 2 aromatic carbocycles. The van der Waals surface area contributed by atoms with Crippen LogP contribution in [0.25, 0.3) is 10.8 Å². The summed E-state index contributed by atoms with van der Waals surface area (Å²) in [4.78, 5) is 11.9. The third-order valence-electron chi connectivity index (χ3n) is 3.89. The Morgan fingerprint density at radius 1 is 1.24 bits per heavy atom. The lowest BCUT2D eigenvalue weighted by Gasteiger charge is -2.24. The van der Waals surface area contributed by atoms with Crippen molar-refractivity contribution in [1.82, 2.24) is 16.0 Å². The first-order valence-corrected chi connectivity index (χ1v) is 8.53. The molecule has 2 aromatic rings. The van der Waals surface area contributed by atoms with Gasteiger partial charge in [0.25, 0.3) is 0 Å². The third-order valence-corrected chi connectivity index (χ3v) is 3.89. The first kappa shape index (κ1) is 18.6. The normalized spacial score (nSPS) is 12.6. The lowest BCUT2D eigenvalue weighted by Crippen LogP contribution is -2.49. The van der Waals surface area contributed by atoms with E-state index < -0.39 is 0 Å². The van der Waals surface area contributed by atoms with E-state index in [1.54, 1.807) is 6.08 Å². The van der Waals surface area contributed by atoms with E-state index >= 15 is 0 Å².